The van der Waals surface area contributed by atoms with Crippen LogP contribution in [0.15, 0.2) is 36.4 Å². The Labute approximate surface area is 215 Å². The van der Waals surface area contributed by atoms with Gasteiger partial charge >= 0.3 is 6.18 Å². The number of hydrogen-bond donors (Lipinski definition) is 2. The Balaban J connectivity index is 0.000000428. The molecule has 0 radical (unpaired) electrons. The summed E-state index contributed by atoms with van der Waals surface area (Å²) in [7, 11) is 0. The van der Waals surface area contributed by atoms with E-state index in [4.69, 9.17) is 10.8 Å². The largest absolute Gasteiger partial charge is 0.394 e. The van der Waals surface area contributed by atoms with E-state index in [0.29, 0.717) is 18.4 Å². The monoisotopic (exact) mass is 545 g/mol. The first-order chi connectivity index (χ1) is 17.6. The Hall–Kier alpha value is -3.44. The van der Waals surface area contributed by atoms with Crippen LogP contribution in [0.2, 0.25) is 0 Å². The topological polar surface area (TPSA) is 68.8 Å². The molecule has 0 spiro atoms. The molecule has 38 heavy (non-hydrogen) atoms. The van der Waals surface area contributed by atoms with E-state index in [0.717, 1.165) is 21.6 Å². The number of aromatic nitrogens is 2. The van der Waals surface area contributed by atoms with Crippen molar-refractivity contribution in [2.45, 2.75) is 60.1 Å². The van der Waals surface area contributed by atoms with Crippen molar-refractivity contribution in [2.75, 3.05) is 11.4 Å². The first kappa shape index (κ1) is 30.8. The molecule has 4 rings (SSSR count). The molecule has 2 N–H and O–H groups in total. The minimum absolute atomic E-state index is 0.0681. The van der Waals surface area contributed by atoms with Crippen LogP contribution in [-0.4, -0.2) is 34.5 Å². The summed E-state index contributed by atoms with van der Waals surface area (Å²) in [5, 5.41) is 15.8. The van der Waals surface area contributed by atoms with E-state index in [2.05, 4.69) is 4.98 Å². The van der Waals surface area contributed by atoms with Crippen molar-refractivity contribution in [3.05, 3.63) is 59.2 Å². The Morgan fingerprint density at radius 3 is 2.18 bits per heavy atom. The highest BCUT2D eigenvalue weighted by molar-refractivity contribution is 5.97. The van der Waals surface area contributed by atoms with Crippen LogP contribution < -0.4 is 10.5 Å². The summed E-state index contributed by atoms with van der Waals surface area (Å²) >= 11 is 0. The molecule has 3 aromatic rings. The van der Waals surface area contributed by atoms with Gasteiger partial charge in [0.15, 0.2) is 0 Å². The van der Waals surface area contributed by atoms with Crippen LogP contribution in [0.4, 0.5) is 42.2 Å². The number of fused-ring (bicyclic) bond motifs is 1. The van der Waals surface area contributed by atoms with Gasteiger partial charge in [0.1, 0.15) is 23.3 Å². The molecule has 0 bridgehead atoms. The maximum atomic E-state index is 14.7. The first-order valence-electron chi connectivity index (χ1n) is 11.9. The normalized spacial score (nSPS) is 13.8. The zero-order chi connectivity index (χ0) is 29.0. The summed E-state index contributed by atoms with van der Waals surface area (Å²) < 4.78 is 91.2. The molecule has 1 aliphatic rings. The summed E-state index contributed by atoms with van der Waals surface area (Å²) in [6.45, 7) is 7.39. The second kappa shape index (κ2) is 12.0. The van der Waals surface area contributed by atoms with Crippen LogP contribution in [-0.2, 0) is 0 Å². The number of anilines is 2. The van der Waals surface area contributed by atoms with Crippen LogP contribution in [0, 0.1) is 34.8 Å². The van der Waals surface area contributed by atoms with Gasteiger partial charge in [0.2, 0.25) is 5.62 Å². The molecular weight excluding hydrogens is 515 g/mol. The number of nitrogens with one attached hydrogen (secondary N) is 2. The van der Waals surface area contributed by atoms with Gasteiger partial charge in [-0.2, -0.15) is 18.2 Å². The van der Waals surface area contributed by atoms with Crippen molar-refractivity contribution in [1.82, 2.24) is 9.55 Å². The van der Waals surface area contributed by atoms with Crippen molar-refractivity contribution < 1.29 is 30.7 Å². The Kier molecular flexibility index (Phi) is 9.68. The molecule has 12 heteroatoms. The SMILES string of the molecule is CC.CC(=N)n1c(=N)nc(N(CC(F)F)c2cc(C)cc(F)c2)c2c(F)cccc21.CC1(C(F)(F)F)CC1. The molecule has 0 unspecified atom stereocenters. The molecule has 5 nitrogen and oxygen atoms in total. The van der Waals surface area contributed by atoms with E-state index in [1.807, 2.05) is 13.8 Å². The highest BCUT2D eigenvalue weighted by Gasteiger charge is 2.59. The predicted molar refractivity (Wildman–Crippen MR) is 133 cm³/mol. The maximum Gasteiger partial charge on any atom is 0.394 e. The summed E-state index contributed by atoms with van der Waals surface area (Å²) in [4.78, 5) is 4.99. The van der Waals surface area contributed by atoms with Crippen molar-refractivity contribution in [3.63, 3.8) is 0 Å². The molecule has 0 amide bonds. The third-order valence-corrected chi connectivity index (χ3v) is 5.81. The van der Waals surface area contributed by atoms with E-state index in [1.165, 1.54) is 38.1 Å². The number of rotatable bonds is 4. The highest BCUT2D eigenvalue weighted by atomic mass is 19.4. The number of alkyl halides is 5. The van der Waals surface area contributed by atoms with Crippen LogP contribution in [0.5, 0.6) is 0 Å². The lowest BCUT2D eigenvalue weighted by Gasteiger charge is -2.26. The van der Waals surface area contributed by atoms with E-state index < -0.39 is 41.8 Å². The van der Waals surface area contributed by atoms with E-state index in [9.17, 15) is 30.7 Å². The average Bonchev–Trinajstić information content (AvgIpc) is 3.56. The maximum absolute atomic E-state index is 14.7. The molecular formula is C26H30F7N5. The van der Waals surface area contributed by atoms with E-state index in [1.54, 1.807) is 6.92 Å². The van der Waals surface area contributed by atoms with Crippen molar-refractivity contribution in [1.29, 1.82) is 10.8 Å². The average molecular weight is 546 g/mol. The summed E-state index contributed by atoms with van der Waals surface area (Å²) in [6, 6.07) is 7.77. The molecule has 208 valence electrons. The molecule has 1 fully saturated rings. The van der Waals surface area contributed by atoms with Gasteiger partial charge in [-0.1, -0.05) is 26.8 Å². The molecule has 1 saturated carbocycles. The minimum Gasteiger partial charge on any atom is -0.320 e. The van der Waals surface area contributed by atoms with Crippen molar-refractivity contribution in [2.24, 2.45) is 5.41 Å². The molecule has 1 aromatic heterocycles. The number of hydrogen-bond acceptors (Lipinski definition) is 4. The highest BCUT2D eigenvalue weighted by Crippen LogP contribution is 2.56. The van der Waals surface area contributed by atoms with Gasteiger partial charge in [-0.25, -0.2) is 17.6 Å². The van der Waals surface area contributed by atoms with Crippen LogP contribution >= 0.6 is 0 Å². The number of benzene rings is 2. The van der Waals surface area contributed by atoms with Gasteiger partial charge < -0.3 is 4.90 Å². The summed E-state index contributed by atoms with van der Waals surface area (Å²) in [5.41, 5.74) is -1.04. The Morgan fingerprint density at radius 2 is 1.74 bits per heavy atom. The second-order valence-electron chi connectivity index (χ2n) is 8.86. The van der Waals surface area contributed by atoms with Crippen LogP contribution in [0.1, 0.15) is 46.1 Å². The quantitative estimate of drug-likeness (QED) is 0.200. The van der Waals surface area contributed by atoms with Gasteiger partial charge in [0.25, 0.3) is 6.43 Å². The van der Waals surface area contributed by atoms with Crippen LogP contribution in [0.3, 0.4) is 0 Å². The zero-order valence-corrected chi connectivity index (χ0v) is 21.7. The lowest BCUT2D eigenvalue weighted by atomic mass is 10.1. The Morgan fingerprint density at radius 1 is 1.13 bits per heavy atom. The fourth-order valence-electron chi connectivity index (χ4n) is 3.57. The zero-order valence-electron chi connectivity index (χ0n) is 21.7. The lowest BCUT2D eigenvalue weighted by molar-refractivity contribution is -0.181. The molecule has 0 atom stereocenters. The molecule has 2 aromatic carbocycles. The standard InChI is InChI=1S/C19H17F4N5.C5H7F3.C2H6/c1-10-6-12(20)8-13(7-10)27(9-16(22)23)18-17-14(21)4-3-5-15(17)28(11(2)24)19(25)26-18;1-4(2-3-4)5(6,7)8;1-2/h3-8,16,24-25H,9H2,1-2H3;2-3H2,1H3;1-2H3. The minimum atomic E-state index is -3.95. The Bertz CT molecular complexity index is 1320. The number of halogens is 7. The molecule has 0 saturated heterocycles. The van der Waals surface area contributed by atoms with Gasteiger partial charge in [-0.05, 0) is 62.6 Å². The van der Waals surface area contributed by atoms with Crippen molar-refractivity contribution >= 4 is 28.2 Å². The lowest BCUT2D eigenvalue weighted by Crippen LogP contribution is -2.33. The smallest absolute Gasteiger partial charge is 0.320 e. The van der Waals surface area contributed by atoms with Crippen molar-refractivity contribution in [3.8, 4) is 0 Å². The molecule has 0 aliphatic heterocycles. The van der Waals surface area contributed by atoms with Crippen LogP contribution in [0.25, 0.3) is 10.9 Å². The number of aryl methyl sites for hydroxylation is 1. The summed E-state index contributed by atoms with van der Waals surface area (Å²) in [6.07, 6.45) is -6.14. The number of nitrogens with zero attached hydrogens (tertiary/aromatic N) is 3. The van der Waals surface area contributed by atoms with E-state index >= 15 is 0 Å². The third-order valence-electron chi connectivity index (χ3n) is 5.81. The fourth-order valence-corrected chi connectivity index (χ4v) is 3.57. The first-order valence-corrected chi connectivity index (χ1v) is 11.9. The van der Waals surface area contributed by atoms with Gasteiger partial charge in [-0.3, -0.25) is 15.4 Å². The van der Waals surface area contributed by atoms with Gasteiger partial charge in [0, 0.05) is 5.69 Å². The summed E-state index contributed by atoms with van der Waals surface area (Å²) in [5.74, 6) is -1.70. The second-order valence-corrected chi connectivity index (χ2v) is 8.86. The molecule has 1 aliphatic carbocycles. The van der Waals surface area contributed by atoms with E-state index in [-0.39, 0.29) is 28.2 Å². The molecule has 1 heterocycles. The van der Waals surface area contributed by atoms with Gasteiger partial charge in [0.05, 0.1) is 22.9 Å². The fraction of sp³-hybridized carbons (Fsp3) is 0.423. The predicted octanol–water partition coefficient (Wildman–Crippen LogP) is 7.73. The van der Waals surface area contributed by atoms with Gasteiger partial charge in [-0.15, -0.1) is 0 Å². The third kappa shape index (κ3) is 6.90.